The first-order valence-corrected chi connectivity index (χ1v) is 9.06. The average Bonchev–Trinajstić information content (AvgIpc) is 2.73. The minimum atomic E-state index is 0.0839. The Bertz CT molecular complexity index is 461. The van der Waals surface area contributed by atoms with Crippen LogP contribution in [-0.4, -0.2) is 17.3 Å². The van der Waals surface area contributed by atoms with Gasteiger partial charge in [0.1, 0.15) is 0 Å². The van der Waals surface area contributed by atoms with Gasteiger partial charge in [-0.1, -0.05) is 19.3 Å². The molecule has 1 fully saturated rings. The van der Waals surface area contributed by atoms with Gasteiger partial charge in [0.05, 0.1) is 10.3 Å². The summed E-state index contributed by atoms with van der Waals surface area (Å²) in [5, 5.41) is 3.25. The lowest BCUT2D eigenvalue weighted by Gasteiger charge is -2.27. The van der Waals surface area contributed by atoms with Crippen molar-refractivity contribution in [1.82, 2.24) is 5.32 Å². The summed E-state index contributed by atoms with van der Waals surface area (Å²) in [6, 6.07) is 2.27. The summed E-state index contributed by atoms with van der Waals surface area (Å²) in [7, 11) is 0. The fraction of sp³-hybridized carbons (Fsp3) is 0.688. The van der Waals surface area contributed by atoms with Crippen molar-refractivity contribution in [2.45, 2.75) is 69.2 Å². The quantitative estimate of drug-likeness (QED) is 0.640. The first-order valence-electron chi connectivity index (χ1n) is 7.80. The zero-order valence-electron chi connectivity index (χ0n) is 11.8. The van der Waals surface area contributed by atoms with Crippen LogP contribution in [0.4, 0.5) is 0 Å². The van der Waals surface area contributed by atoms with Crippen molar-refractivity contribution in [3.05, 3.63) is 21.4 Å². The van der Waals surface area contributed by atoms with Gasteiger partial charge in [-0.05, 0) is 50.2 Å². The molecule has 1 saturated carbocycles. The normalized spacial score (nSPS) is 26.6. The molecule has 2 aliphatic carbocycles. The summed E-state index contributed by atoms with van der Waals surface area (Å²) >= 11 is 8.02. The molecule has 4 heteroatoms. The maximum atomic E-state index is 12.4. The standard InChI is InChI=1S/C16H22ClNOS/c17-12-7-4-5-8-13(12)18-16(19)15-10-11-6-2-1-3-9-14(11)20-15/h10,12-13H,1-9H2,(H,18,19). The highest BCUT2D eigenvalue weighted by Gasteiger charge is 2.26. The van der Waals surface area contributed by atoms with Crippen LogP contribution in [0, 0.1) is 0 Å². The predicted octanol–water partition coefficient (Wildman–Crippen LogP) is 4.30. The Hall–Kier alpha value is -0.540. The van der Waals surface area contributed by atoms with Crippen LogP contribution >= 0.6 is 22.9 Å². The fourth-order valence-corrected chi connectivity index (χ4v) is 4.77. The van der Waals surface area contributed by atoms with Gasteiger partial charge in [-0.3, -0.25) is 4.79 Å². The van der Waals surface area contributed by atoms with Crippen LogP contribution in [0.2, 0.25) is 0 Å². The van der Waals surface area contributed by atoms with Crippen LogP contribution in [-0.2, 0) is 12.8 Å². The van der Waals surface area contributed by atoms with Crippen LogP contribution in [0.3, 0.4) is 0 Å². The molecule has 20 heavy (non-hydrogen) atoms. The average molecular weight is 312 g/mol. The number of hydrogen-bond donors (Lipinski definition) is 1. The number of fused-ring (bicyclic) bond motifs is 1. The highest BCUT2D eigenvalue weighted by atomic mass is 35.5. The second-order valence-electron chi connectivity index (χ2n) is 6.00. The van der Waals surface area contributed by atoms with E-state index in [4.69, 9.17) is 11.6 Å². The molecule has 0 aromatic carbocycles. The van der Waals surface area contributed by atoms with Gasteiger partial charge in [0, 0.05) is 10.9 Å². The number of nitrogens with one attached hydrogen (secondary N) is 1. The molecule has 3 rings (SSSR count). The first kappa shape index (κ1) is 14.4. The number of aryl methyl sites for hydroxylation is 2. The van der Waals surface area contributed by atoms with Crippen LogP contribution in [0.15, 0.2) is 6.07 Å². The molecule has 2 unspecified atom stereocenters. The molecule has 1 aromatic heterocycles. The van der Waals surface area contributed by atoms with Gasteiger partial charge in [0.2, 0.25) is 0 Å². The van der Waals surface area contributed by atoms with E-state index in [1.807, 2.05) is 0 Å². The summed E-state index contributed by atoms with van der Waals surface area (Å²) in [6.07, 6.45) is 10.5. The number of carbonyl (C=O) groups excluding carboxylic acids is 1. The number of alkyl halides is 1. The predicted molar refractivity (Wildman–Crippen MR) is 84.9 cm³/mol. The molecular formula is C16H22ClNOS. The van der Waals surface area contributed by atoms with Gasteiger partial charge in [-0.15, -0.1) is 22.9 Å². The molecule has 0 aliphatic heterocycles. The molecule has 0 saturated heterocycles. The third kappa shape index (κ3) is 3.20. The van der Waals surface area contributed by atoms with Crippen LogP contribution in [0.5, 0.6) is 0 Å². The Balaban J connectivity index is 1.68. The van der Waals surface area contributed by atoms with Crippen molar-refractivity contribution in [3.8, 4) is 0 Å². The van der Waals surface area contributed by atoms with Crippen LogP contribution in [0.1, 0.15) is 65.1 Å². The van der Waals surface area contributed by atoms with E-state index in [2.05, 4.69) is 11.4 Å². The van der Waals surface area contributed by atoms with Gasteiger partial charge in [-0.25, -0.2) is 0 Å². The summed E-state index contributed by atoms with van der Waals surface area (Å²) < 4.78 is 0. The number of amides is 1. The van der Waals surface area contributed by atoms with E-state index in [-0.39, 0.29) is 17.3 Å². The van der Waals surface area contributed by atoms with Crippen molar-refractivity contribution < 1.29 is 4.79 Å². The second-order valence-corrected chi connectivity index (χ2v) is 7.70. The Morgan fingerprint density at radius 1 is 1.15 bits per heavy atom. The summed E-state index contributed by atoms with van der Waals surface area (Å²) in [5.74, 6) is 0.0839. The van der Waals surface area contributed by atoms with Gasteiger partial charge in [0.15, 0.2) is 0 Å². The molecule has 0 spiro atoms. The Morgan fingerprint density at radius 3 is 2.80 bits per heavy atom. The van der Waals surface area contributed by atoms with E-state index in [0.717, 1.165) is 30.6 Å². The van der Waals surface area contributed by atoms with E-state index < -0.39 is 0 Å². The third-order valence-electron chi connectivity index (χ3n) is 4.47. The molecule has 1 aromatic rings. The fourth-order valence-electron chi connectivity index (χ4n) is 3.27. The molecule has 1 amide bonds. The highest BCUT2D eigenvalue weighted by molar-refractivity contribution is 7.14. The number of halogens is 1. The van der Waals surface area contributed by atoms with E-state index >= 15 is 0 Å². The summed E-state index contributed by atoms with van der Waals surface area (Å²) in [6.45, 7) is 0. The number of hydrogen-bond acceptors (Lipinski definition) is 2. The monoisotopic (exact) mass is 311 g/mol. The molecular weight excluding hydrogens is 290 g/mol. The second kappa shape index (κ2) is 6.48. The Morgan fingerprint density at radius 2 is 1.95 bits per heavy atom. The Labute approximate surface area is 129 Å². The minimum Gasteiger partial charge on any atom is -0.347 e. The van der Waals surface area contributed by atoms with E-state index in [0.29, 0.717) is 0 Å². The third-order valence-corrected chi connectivity index (χ3v) is 6.23. The van der Waals surface area contributed by atoms with Crippen molar-refractivity contribution in [3.63, 3.8) is 0 Å². The molecule has 2 aliphatic rings. The maximum Gasteiger partial charge on any atom is 0.261 e. The summed E-state index contributed by atoms with van der Waals surface area (Å²) in [4.78, 5) is 14.7. The van der Waals surface area contributed by atoms with Gasteiger partial charge >= 0.3 is 0 Å². The topological polar surface area (TPSA) is 29.1 Å². The van der Waals surface area contributed by atoms with Crippen molar-refractivity contribution in [1.29, 1.82) is 0 Å². The SMILES string of the molecule is O=C(NC1CCCCC1Cl)c1cc2c(s1)CCCCC2. The van der Waals surface area contributed by atoms with Gasteiger partial charge < -0.3 is 5.32 Å². The van der Waals surface area contributed by atoms with Crippen LogP contribution < -0.4 is 5.32 Å². The number of carbonyl (C=O) groups is 1. The highest BCUT2D eigenvalue weighted by Crippen LogP contribution is 2.29. The molecule has 1 heterocycles. The zero-order valence-corrected chi connectivity index (χ0v) is 13.4. The number of thiophene rings is 1. The first-order chi connectivity index (χ1) is 9.74. The lowest BCUT2D eigenvalue weighted by Crippen LogP contribution is -2.42. The summed E-state index contributed by atoms with van der Waals surface area (Å²) in [5.41, 5.74) is 1.41. The lowest BCUT2D eigenvalue weighted by atomic mass is 9.95. The largest absolute Gasteiger partial charge is 0.347 e. The van der Waals surface area contributed by atoms with Crippen molar-refractivity contribution in [2.24, 2.45) is 0 Å². The molecule has 1 N–H and O–H groups in total. The Kier molecular flexibility index (Phi) is 4.67. The molecule has 0 bridgehead atoms. The minimum absolute atomic E-state index is 0.0839. The molecule has 110 valence electrons. The zero-order chi connectivity index (χ0) is 13.9. The van der Waals surface area contributed by atoms with E-state index in [1.165, 1.54) is 42.5 Å². The number of rotatable bonds is 2. The molecule has 2 nitrogen and oxygen atoms in total. The lowest BCUT2D eigenvalue weighted by molar-refractivity contribution is 0.0932. The van der Waals surface area contributed by atoms with Crippen molar-refractivity contribution in [2.75, 3.05) is 0 Å². The van der Waals surface area contributed by atoms with Crippen LogP contribution in [0.25, 0.3) is 0 Å². The smallest absolute Gasteiger partial charge is 0.261 e. The molecule has 0 radical (unpaired) electrons. The maximum absolute atomic E-state index is 12.4. The molecule has 2 atom stereocenters. The van der Waals surface area contributed by atoms with Gasteiger partial charge in [0.25, 0.3) is 5.91 Å². The van der Waals surface area contributed by atoms with Gasteiger partial charge in [-0.2, -0.15) is 0 Å². The van der Waals surface area contributed by atoms with Crippen molar-refractivity contribution >= 4 is 28.8 Å². The van der Waals surface area contributed by atoms with E-state index in [1.54, 1.807) is 11.3 Å². The van der Waals surface area contributed by atoms with E-state index in [9.17, 15) is 4.79 Å².